The Morgan fingerprint density at radius 3 is 3.08 bits per heavy atom. The fraction of sp³-hybridized carbons (Fsp3) is 0.375. The van der Waals surface area contributed by atoms with Gasteiger partial charge in [-0.2, -0.15) is 5.10 Å². The molecule has 0 saturated carbocycles. The van der Waals surface area contributed by atoms with Gasteiger partial charge in [-0.1, -0.05) is 6.92 Å². The Kier molecular flexibility index (Phi) is 3.19. The second-order valence-corrected chi connectivity index (χ2v) is 2.56. The van der Waals surface area contributed by atoms with Gasteiger partial charge in [-0.15, -0.1) is 5.10 Å². The minimum atomic E-state index is -0.991. The maximum absolute atomic E-state index is 10.5. The number of carboxylic acids is 1. The van der Waals surface area contributed by atoms with Gasteiger partial charge in [0, 0.05) is 6.54 Å². The van der Waals surface area contributed by atoms with E-state index in [0.29, 0.717) is 5.82 Å². The van der Waals surface area contributed by atoms with E-state index in [2.05, 4.69) is 15.5 Å². The zero-order chi connectivity index (χ0) is 9.68. The molecule has 5 nitrogen and oxygen atoms in total. The summed E-state index contributed by atoms with van der Waals surface area (Å²) in [5, 5.41) is 18.9. The molecule has 0 aliphatic heterocycles. The van der Waals surface area contributed by atoms with Crippen LogP contribution >= 0.6 is 0 Å². The molecule has 0 aromatic carbocycles. The molecule has 70 valence electrons. The lowest BCUT2D eigenvalue weighted by Gasteiger charge is -2.02. The molecule has 5 heteroatoms. The molecule has 13 heavy (non-hydrogen) atoms. The van der Waals surface area contributed by atoms with Crippen LogP contribution in [0, 0.1) is 0 Å². The zero-order valence-electron chi connectivity index (χ0n) is 7.32. The summed E-state index contributed by atoms with van der Waals surface area (Å²) in [6, 6.07) is 1.46. The van der Waals surface area contributed by atoms with Gasteiger partial charge >= 0.3 is 5.97 Å². The van der Waals surface area contributed by atoms with Crippen molar-refractivity contribution in [3.63, 3.8) is 0 Å². The van der Waals surface area contributed by atoms with Gasteiger partial charge < -0.3 is 10.4 Å². The first-order valence-electron chi connectivity index (χ1n) is 4.04. The fourth-order valence-corrected chi connectivity index (χ4v) is 0.823. The van der Waals surface area contributed by atoms with E-state index in [1.165, 1.54) is 12.3 Å². The number of nitrogens with one attached hydrogen (secondary N) is 1. The molecule has 0 amide bonds. The summed E-state index contributed by atoms with van der Waals surface area (Å²) in [5.41, 5.74) is 0.147. The van der Waals surface area contributed by atoms with Crippen LogP contribution in [0.4, 0.5) is 5.82 Å². The van der Waals surface area contributed by atoms with E-state index in [-0.39, 0.29) is 5.56 Å². The van der Waals surface area contributed by atoms with Crippen LogP contribution in [0.2, 0.25) is 0 Å². The topological polar surface area (TPSA) is 75.1 Å². The van der Waals surface area contributed by atoms with Crippen molar-refractivity contribution >= 4 is 11.8 Å². The second kappa shape index (κ2) is 4.39. The van der Waals surface area contributed by atoms with Gasteiger partial charge in [0.05, 0.1) is 11.8 Å². The summed E-state index contributed by atoms with van der Waals surface area (Å²) < 4.78 is 0. The maximum atomic E-state index is 10.5. The molecule has 0 atom stereocenters. The van der Waals surface area contributed by atoms with Crippen LogP contribution in [-0.2, 0) is 0 Å². The Morgan fingerprint density at radius 1 is 1.69 bits per heavy atom. The van der Waals surface area contributed by atoms with Crippen LogP contribution in [-0.4, -0.2) is 27.8 Å². The molecule has 0 fully saturated rings. The molecule has 0 saturated heterocycles. The number of hydrogen-bond donors (Lipinski definition) is 2. The highest BCUT2D eigenvalue weighted by Gasteiger charge is 2.04. The van der Waals surface area contributed by atoms with Gasteiger partial charge in [-0.3, -0.25) is 0 Å². The summed E-state index contributed by atoms with van der Waals surface area (Å²) in [7, 11) is 0. The van der Waals surface area contributed by atoms with E-state index in [9.17, 15) is 4.79 Å². The van der Waals surface area contributed by atoms with Crippen LogP contribution in [0.25, 0.3) is 0 Å². The minimum Gasteiger partial charge on any atom is -0.478 e. The summed E-state index contributed by atoms with van der Waals surface area (Å²) in [6.07, 6.45) is 2.18. The molecule has 0 aliphatic carbocycles. The smallest absolute Gasteiger partial charge is 0.337 e. The fourth-order valence-electron chi connectivity index (χ4n) is 0.823. The highest BCUT2D eigenvalue weighted by atomic mass is 16.4. The number of aromatic carboxylic acids is 1. The lowest BCUT2D eigenvalue weighted by Crippen LogP contribution is -2.05. The van der Waals surface area contributed by atoms with Crippen molar-refractivity contribution in [1.82, 2.24) is 10.2 Å². The van der Waals surface area contributed by atoms with Crippen LogP contribution in [0.3, 0.4) is 0 Å². The quantitative estimate of drug-likeness (QED) is 0.724. The van der Waals surface area contributed by atoms with Gasteiger partial charge in [0.25, 0.3) is 0 Å². The van der Waals surface area contributed by atoms with E-state index in [0.717, 1.165) is 13.0 Å². The van der Waals surface area contributed by atoms with Crippen molar-refractivity contribution in [2.75, 3.05) is 11.9 Å². The molecule has 0 aliphatic rings. The van der Waals surface area contributed by atoms with E-state index in [1.54, 1.807) is 0 Å². The van der Waals surface area contributed by atoms with Crippen LogP contribution < -0.4 is 5.32 Å². The Balaban J connectivity index is 2.73. The number of carbonyl (C=O) groups is 1. The monoisotopic (exact) mass is 181 g/mol. The van der Waals surface area contributed by atoms with Gasteiger partial charge in [-0.25, -0.2) is 4.79 Å². The number of nitrogens with zero attached hydrogens (tertiary/aromatic N) is 2. The van der Waals surface area contributed by atoms with Gasteiger partial charge in [-0.05, 0) is 12.5 Å². The Hall–Kier alpha value is -1.65. The average molecular weight is 181 g/mol. The third-order valence-corrected chi connectivity index (χ3v) is 1.46. The first-order chi connectivity index (χ1) is 6.24. The Labute approximate surface area is 75.8 Å². The van der Waals surface area contributed by atoms with Crippen molar-refractivity contribution in [3.05, 3.63) is 17.8 Å². The molecule has 0 bridgehead atoms. The lowest BCUT2D eigenvalue weighted by atomic mass is 10.3. The van der Waals surface area contributed by atoms with E-state index in [4.69, 9.17) is 5.11 Å². The number of hydrogen-bond acceptors (Lipinski definition) is 4. The maximum Gasteiger partial charge on any atom is 0.337 e. The first kappa shape index (κ1) is 9.44. The van der Waals surface area contributed by atoms with Crippen LogP contribution in [0.15, 0.2) is 12.3 Å². The number of carboxylic acid groups (broad SMARTS) is 1. The van der Waals surface area contributed by atoms with Crippen LogP contribution in [0.1, 0.15) is 23.7 Å². The van der Waals surface area contributed by atoms with Crippen molar-refractivity contribution in [2.24, 2.45) is 0 Å². The molecule has 2 N–H and O–H groups in total. The summed E-state index contributed by atoms with van der Waals surface area (Å²) in [5.74, 6) is -0.490. The molecule has 1 aromatic rings. The predicted molar refractivity (Wildman–Crippen MR) is 47.8 cm³/mol. The van der Waals surface area contributed by atoms with Crippen molar-refractivity contribution < 1.29 is 9.90 Å². The Bertz CT molecular complexity index is 301. The number of aromatic nitrogens is 2. The van der Waals surface area contributed by atoms with Gasteiger partial charge in [0.1, 0.15) is 5.82 Å². The largest absolute Gasteiger partial charge is 0.478 e. The third-order valence-electron chi connectivity index (χ3n) is 1.46. The molecule has 0 spiro atoms. The predicted octanol–water partition coefficient (Wildman–Crippen LogP) is 0.997. The molecular weight excluding hydrogens is 170 g/mol. The number of rotatable bonds is 4. The summed E-state index contributed by atoms with van der Waals surface area (Å²) in [6.45, 7) is 2.78. The summed E-state index contributed by atoms with van der Waals surface area (Å²) in [4.78, 5) is 10.5. The molecule has 1 aromatic heterocycles. The van der Waals surface area contributed by atoms with Gasteiger partial charge in [0.15, 0.2) is 0 Å². The van der Waals surface area contributed by atoms with Crippen molar-refractivity contribution in [1.29, 1.82) is 0 Å². The van der Waals surface area contributed by atoms with E-state index >= 15 is 0 Å². The molecule has 0 unspecified atom stereocenters. The minimum absolute atomic E-state index is 0.147. The van der Waals surface area contributed by atoms with Crippen molar-refractivity contribution in [3.8, 4) is 0 Å². The Morgan fingerprint density at radius 2 is 2.46 bits per heavy atom. The first-order valence-corrected chi connectivity index (χ1v) is 4.04. The zero-order valence-corrected chi connectivity index (χ0v) is 7.32. The summed E-state index contributed by atoms with van der Waals surface area (Å²) >= 11 is 0. The van der Waals surface area contributed by atoms with Crippen molar-refractivity contribution in [2.45, 2.75) is 13.3 Å². The normalized spacial score (nSPS) is 9.62. The van der Waals surface area contributed by atoms with Crippen LogP contribution in [0.5, 0.6) is 0 Å². The molecular formula is C8H11N3O2. The molecule has 0 radical (unpaired) electrons. The number of anilines is 1. The van der Waals surface area contributed by atoms with E-state index in [1.807, 2.05) is 6.92 Å². The van der Waals surface area contributed by atoms with Gasteiger partial charge in [0.2, 0.25) is 0 Å². The second-order valence-electron chi connectivity index (χ2n) is 2.56. The highest BCUT2D eigenvalue weighted by molar-refractivity contribution is 5.87. The highest BCUT2D eigenvalue weighted by Crippen LogP contribution is 2.04. The SMILES string of the molecule is CCCNc1cc(C(=O)O)cnn1. The third kappa shape index (κ3) is 2.70. The lowest BCUT2D eigenvalue weighted by molar-refractivity contribution is 0.0696. The average Bonchev–Trinajstić information content (AvgIpc) is 2.15. The molecule has 1 rings (SSSR count). The molecule has 1 heterocycles. The van der Waals surface area contributed by atoms with E-state index < -0.39 is 5.97 Å². The standard InChI is InChI=1S/C8H11N3O2/c1-2-3-9-7-4-6(8(12)13)5-10-11-7/h4-5H,2-3H2,1H3,(H,9,11)(H,12,13).